The van der Waals surface area contributed by atoms with Gasteiger partial charge in [0.25, 0.3) is 11.8 Å². The molecule has 2 amide bonds. The molecule has 0 bridgehead atoms. The smallest absolute Gasteiger partial charge is 0.274 e. The lowest BCUT2D eigenvalue weighted by molar-refractivity contribution is 0.102. The van der Waals surface area contributed by atoms with E-state index >= 15 is 0 Å². The first-order valence-electron chi connectivity index (χ1n) is 8.34. The van der Waals surface area contributed by atoms with Gasteiger partial charge in [-0.25, -0.2) is 0 Å². The zero-order valence-electron chi connectivity index (χ0n) is 14.9. The molecule has 2 N–H and O–H groups in total. The predicted molar refractivity (Wildman–Crippen MR) is 108 cm³/mol. The maximum atomic E-state index is 12.5. The Morgan fingerprint density at radius 1 is 0.926 bits per heavy atom. The van der Waals surface area contributed by atoms with Crippen LogP contribution in [0.2, 0.25) is 5.02 Å². The highest BCUT2D eigenvalue weighted by Crippen LogP contribution is 2.21. The first kappa shape index (κ1) is 18.6. The second-order valence-electron chi connectivity index (χ2n) is 6.17. The largest absolute Gasteiger partial charge is 0.322 e. The molecule has 0 unspecified atom stereocenters. The van der Waals surface area contributed by atoms with E-state index in [0.29, 0.717) is 22.0 Å². The van der Waals surface area contributed by atoms with Crippen LogP contribution >= 0.6 is 11.6 Å². The predicted octanol–water partition coefficient (Wildman–Crippen LogP) is 4.86. The van der Waals surface area contributed by atoms with Crippen LogP contribution in [0.4, 0.5) is 11.4 Å². The van der Waals surface area contributed by atoms with Crippen molar-refractivity contribution in [3.8, 4) is 0 Å². The van der Waals surface area contributed by atoms with E-state index in [2.05, 4.69) is 15.6 Å². The summed E-state index contributed by atoms with van der Waals surface area (Å²) in [4.78, 5) is 29.0. The van der Waals surface area contributed by atoms with Gasteiger partial charge in [0.15, 0.2) is 0 Å². The number of amides is 2. The van der Waals surface area contributed by atoms with Crippen molar-refractivity contribution in [2.45, 2.75) is 13.8 Å². The number of nitrogens with one attached hydrogen (secondary N) is 2. The quantitative estimate of drug-likeness (QED) is 0.680. The van der Waals surface area contributed by atoms with Gasteiger partial charge in [-0.1, -0.05) is 29.8 Å². The topological polar surface area (TPSA) is 71.1 Å². The van der Waals surface area contributed by atoms with Crippen molar-refractivity contribution < 1.29 is 9.59 Å². The van der Waals surface area contributed by atoms with Gasteiger partial charge in [-0.2, -0.15) is 0 Å². The lowest BCUT2D eigenvalue weighted by atomic mass is 10.1. The molecule has 2 aromatic carbocycles. The third-order valence-electron chi connectivity index (χ3n) is 3.98. The number of anilines is 2. The molecular weight excluding hydrogens is 362 g/mol. The van der Waals surface area contributed by atoms with Crippen LogP contribution in [0.3, 0.4) is 0 Å². The number of aryl methyl sites for hydroxylation is 2. The van der Waals surface area contributed by atoms with E-state index in [0.717, 1.165) is 11.1 Å². The Morgan fingerprint density at radius 3 is 2.52 bits per heavy atom. The monoisotopic (exact) mass is 379 g/mol. The van der Waals surface area contributed by atoms with E-state index in [-0.39, 0.29) is 17.5 Å². The minimum absolute atomic E-state index is 0.159. The molecule has 27 heavy (non-hydrogen) atoms. The van der Waals surface area contributed by atoms with Crippen LogP contribution in [0.1, 0.15) is 32.0 Å². The average molecular weight is 380 g/mol. The molecule has 0 saturated heterocycles. The summed E-state index contributed by atoms with van der Waals surface area (Å²) in [5.41, 5.74) is 3.71. The number of halogens is 1. The summed E-state index contributed by atoms with van der Waals surface area (Å²) in [5, 5.41) is 6.12. The second kappa shape index (κ2) is 8.01. The van der Waals surface area contributed by atoms with Gasteiger partial charge in [-0.15, -0.1) is 0 Å². The van der Waals surface area contributed by atoms with E-state index < -0.39 is 0 Å². The maximum Gasteiger partial charge on any atom is 0.274 e. The second-order valence-corrected chi connectivity index (χ2v) is 6.60. The van der Waals surface area contributed by atoms with Gasteiger partial charge in [0, 0.05) is 28.2 Å². The number of carbonyl (C=O) groups excluding carboxylic acids is 2. The van der Waals surface area contributed by atoms with Crippen molar-refractivity contribution in [2.75, 3.05) is 10.6 Å². The van der Waals surface area contributed by atoms with Gasteiger partial charge in [-0.3, -0.25) is 14.6 Å². The van der Waals surface area contributed by atoms with Crippen molar-refractivity contribution >= 4 is 34.8 Å². The van der Waals surface area contributed by atoms with Crippen LogP contribution in [0.15, 0.2) is 60.8 Å². The minimum Gasteiger partial charge on any atom is -0.322 e. The first-order chi connectivity index (χ1) is 12.9. The summed E-state index contributed by atoms with van der Waals surface area (Å²) >= 11 is 5.99. The Labute approximate surface area is 162 Å². The standard InChI is InChI=1S/C21H18ClN3O2/c1-13-4-3-5-17(10-13)24-21(27)19-11-15(8-9-23-19)20(26)25-18-12-16(22)7-6-14(18)2/h3-12H,1-2H3,(H,24,27)(H,25,26). The summed E-state index contributed by atoms with van der Waals surface area (Å²) in [6.45, 7) is 3.82. The number of hydrogen-bond acceptors (Lipinski definition) is 3. The maximum absolute atomic E-state index is 12.5. The van der Waals surface area contributed by atoms with Crippen molar-refractivity contribution in [1.29, 1.82) is 0 Å². The number of carbonyl (C=O) groups is 2. The zero-order chi connectivity index (χ0) is 19.4. The van der Waals surface area contributed by atoms with Crippen LogP contribution in [-0.2, 0) is 0 Å². The van der Waals surface area contributed by atoms with Gasteiger partial charge < -0.3 is 10.6 Å². The van der Waals surface area contributed by atoms with Crippen LogP contribution in [0.5, 0.6) is 0 Å². The van der Waals surface area contributed by atoms with Crippen LogP contribution < -0.4 is 10.6 Å². The van der Waals surface area contributed by atoms with Crippen LogP contribution in [0, 0.1) is 13.8 Å². The van der Waals surface area contributed by atoms with Crippen molar-refractivity contribution in [1.82, 2.24) is 4.98 Å². The van der Waals surface area contributed by atoms with E-state index in [1.54, 1.807) is 24.3 Å². The van der Waals surface area contributed by atoms with E-state index in [1.165, 1.54) is 12.3 Å². The highest BCUT2D eigenvalue weighted by atomic mass is 35.5. The molecule has 136 valence electrons. The fraction of sp³-hybridized carbons (Fsp3) is 0.0952. The molecule has 0 aliphatic carbocycles. The molecule has 0 atom stereocenters. The van der Waals surface area contributed by atoms with Crippen LogP contribution in [0.25, 0.3) is 0 Å². The SMILES string of the molecule is Cc1cccc(NC(=O)c2cc(C(=O)Nc3cc(Cl)ccc3C)ccn2)c1. The summed E-state index contributed by atoms with van der Waals surface area (Å²) in [6, 6.07) is 15.7. The van der Waals surface area contributed by atoms with Crippen molar-refractivity contribution in [3.05, 3.63) is 88.2 Å². The molecule has 6 heteroatoms. The molecule has 0 aliphatic heterocycles. The number of hydrogen-bond donors (Lipinski definition) is 2. The van der Waals surface area contributed by atoms with E-state index in [4.69, 9.17) is 11.6 Å². The fourth-order valence-electron chi connectivity index (χ4n) is 2.54. The summed E-state index contributed by atoms with van der Waals surface area (Å²) < 4.78 is 0. The van der Waals surface area contributed by atoms with E-state index in [1.807, 2.05) is 38.1 Å². The fourth-order valence-corrected chi connectivity index (χ4v) is 2.71. The van der Waals surface area contributed by atoms with Crippen molar-refractivity contribution in [2.24, 2.45) is 0 Å². The summed E-state index contributed by atoms with van der Waals surface area (Å²) in [7, 11) is 0. The van der Waals surface area contributed by atoms with Gasteiger partial charge in [0.2, 0.25) is 0 Å². The molecule has 3 aromatic rings. The van der Waals surface area contributed by atoms with E-state index in [9.17, 15) is 9.59 Å². The Balaban J connectivity index is 1.77. The normalized spacial score (nSPS) is 10.3. The van der Waals surface area contributed by atoms with Gasteiger partial charge in [-0.05, 0) is 61.4 Å². The number of pyridine rings is 1. The van der Waals surface area contributed by atoms with Crippen LogP contribution in [-0.4, -0.2) is 16.8 Å². The zero-order valence-corrected chi connectivity index (χ0v) is 15.7. The minimum atomic E-state index is -0.380. The Hall–Kier alpha value is -3.18. The number of nitrogens with zero attached hydrogens (tertiary/aromatic N) is 1. The highest BCUT2D eigenvalue weighted by Gasteiger charge is 2.13. The summed E-state index contributed by atoms with van der Waals surface area (Å²) in [5.74, 6) is -0.721. The average Bonchev–Trinajstić information content (AvgIpc) is 2.65. The molecule has 0 fully saturated rings. The molecular formula is C21H18ClN3O2. The van der Waals surface area contributed by atoms with Gasteiger partial charge >= 0.3 is 0 Å². The molecule has 0 saturated carbocycles. The first-order valence-corrected chi connectivity index (χ1v) is 8.72. The molecule has 1 heterocycles. The molecule has 0 spiro atoms. The van der Waals surface area contributed by atoms with Gasteiger partial charge in [0.05, 0.1) is 0 Å². The molecule has 0 radical (unpaired) electrons. The molecule has 1 aromatic heterocycles. The number of rotatable bonds is 4. The number of benzene rings is 2. The van der Waals surface area contributed by atoms with Gasteiger partial charge in [0.1, 0.15) is 5.69 Å². The Kier molecular flexibility index (Phi) is 5.52. The Morgan fingerprint density at radius 2 is 1.74 bits per heavy atom. The summed E-state index contributed by atoms with van der Waals surface area (Å²) in [6.07, 6.45) is 1.44. The molecule has 5 nitrogen and oxygen atoms in total. The lowest BCUT2D eigenvalue weighted by Crippen LogP contribution is -2.17. The third-order valence-corrected chi connectivity index (χ3v) is 4.21. The highest BCUT2D eigenvalue weighted by molar-refractivity contribution is 6.31. The third kappa shape index (κ3) is 4.71. The molecule has 3 rings (SSSR count). The van der Waals surface area contributed by atoms with Crippen molar-refractivity contribution in [3.63, 3.8) is 0 Å². The Bertz CT molecular complexity index is 1020. The molecule has 0 aliphatic rings. The lowest BCUT2D eigenvalue weighted by Gasteiger charge is -2.10. The number of aromatic nitrogens is 1.